The van der Waals surface area contributed by atoms with Crippen molar-refractivity contribution in [3.63, 3.8) is 0 Å². The summed E-state index contributed by atoms with van der Waals surface area (Å²) in [5.74, 6) is -0.323. The summed E-state index contributed by atoms with van der Waals surface area (Å²) in [6.45, 7) is 4.05. The van der Waals surface area contributed by atoms with Crippen molar-refractivity contribution in [2.24, 2.45) is 0 Å². The molecule has 0 unspecified atom stereocenters. The highest BCUT2D eigenvalue weighted by Gasteiger charge is 2.16. The zero-order chi connectivity index (χ0) is 14.0. The van der Waals surface area contributed by atoms with Crippen LogP contribution in [0.2, 0.25) is 5.02 Å². The molecule has 0 aliphatic rings. The number of aromatic nitrogens is 1. The first kappa shape index (κ1) is 13.6. The van der Waals surface area contributed by atoms with Crippen LogP contribution in [-0.2, 0) is 0 Å². The van der Waals surface area contributed by atoms with Gasteiger partial charge < -0.3 is 5.32 Å². The summed E-state index contributed by atoms with van der Waals surface area (Å²) in [6, 6.07) is 5.16. The van der Waals surface area contributed by atoms with Gasteiger partial charge in [0.15, 0.2) is 0 Å². The van der Waals surface area contributed by atoms with Gasteiger partial charge in [-0.3, -0.25) is 14.2 Å². The Kier molecular flexibility index (Phi) is 3.90. The Labute approximate surface area is 116 Å². The van der Waals surface area contributed by atoms with E-state index in [-0.39, 0.29) is 11.8 Å². The summed E-state index contributed by atoms with van der Waals surface area (Å²) < 4.78 is 1.45. The summed E-state index contributed by atoms with van der Waals surface area (Å²) in [4.78, 5) is 23.7. The lowest BCUT2D eigenvalue weighted by Crippen LogP contribution is -2.23. The minimum absolute atomic E-state index is 0.151. The number of carbonyl (C=O) groups is 2. The minimum atomic E-state index is -0.172. The Morgan fingerprint density at radius 1 is 1.37 bits per heavy atom. The average molecular weight is 279 g/mol. The second-order valence-electron chi connectivity index (χ2n) is 4.35. The minimum Gasteiger partial charge on any atom is -0.352 e. The highest BCUT2D eigenvalue weighted by atomic mass is 35.5. The van der Waals surface area contributed by atoms with Gasteiger partial charge in [0.25, 0.3) is 5.91 Å². The molecule has 2 rings (SSSR count). The van der Waals surface area contributed by atoms with Gasteiger partial charge in [0.2, 0.25) is 5.91 Å². The molecule has 0 atom stereocenters. The molecule has 0 bridgehead atoms. The fraction of sp³-hybridized carbons (Fsp3) is 0.286. The lowest BCUT2D eigenvalue weighted by atomic mass is 10.1. The van der Waals surface area contributed by atoms with Crippen molar-refractivity contribution in [1.29, 1.82) is 0 Å². The molecule has 1 aromatic heterocycles. The van der Waals surface area contributed by atoms with Crippen molar-refractivity contribution in [3.05, 3.63) is 35.0 Å². The van der Waals surface area contributed by atoms with E-state index in [4.69, 9.17) is 11.6 Å². The third-order valence-electron chi connectivity index (χ3n) is 2.89. The Morgan fingerprint density at radius 3 is 2.74 bits per heavy atom. The molecule has 0 aliphatic heterocycles. The number of rotatable bonds is 3. The van der Waals surface area contributed by atoms with Crippen LogP contribution in [0.4, 0.5) is 0 Å². The molecule has 1 heterocycles. The molecule has 0 saturated carbocycles. The van der Waals surface area contributed by atoms with Gasteiger partial charge in [-0.25, -0.2) is 0 Å². The lowest BCUT2D eigenvalue weighted by molar-refractivity contribution is 0.0941. The molecule has 5 heteroatoms. The Hall–Kier alpha value is -1.81. The van der Waals surface area contributed by atoms with Crippen LogP contribution >= 0.6 is 11.6 Å². The largest absolute Gasteiger partial charge is 0.352 e. The van der Waals surface area contributed by atoms with Crippen LogP contribution in [0.3, 0.4) is 0 Å². The Balaban J connectivity index is 2.56. The van der Waals surface area contributed by atoms with Crippen LogP contribution in [0.5, 0.6) is 0 Å². The van der Waals surface area contributed by atoms with Crippen LogP contribution in [-0.4, -0.2) is 22.9 Å². The van der Waals surface area contributed by atoms with E-state index in [1.54, 1.807) is 24.4 Å². The van der Waals surface area contributed by atoms with Crippen molar-refractivity contribution < 1.29 is 9.59 Å². The zero-order valence-electron chi connectivity index (χ0n) is 10.9. The van der Waals surface area contributed by atoms with Gasteiger partial charge in [-0.2, -0.15) is 0 Å². The van der Waals surface area contributed by atoms with Gasteiger partial charge in [-0.15, -0.1) is 0 Å². The van der Waals surface area contributed by atoms with Crippen LogP contribution < -0.4 is 5.32 Å². The van der Waals surface area contributed by atoms with E-state index in [0.29, 0.717) is 22.6 Å². The number of hydrogen-bond donors (Lipinski definition) is 1. The number of benzene rings is 1. The van der Waals surface area contributed by atoms with Gasteiger partial charge >= 0.3 is 0 Å². The van der Waals surface area contributed by atoms with E-state index in [1.807, 2.05) is 6.92 Å². The number of fused-ring (bicyclic) bond motifs is 1. The maximum Gasteiger partial charge on any atom is 0.253 e. The van der Waals surface area contributed by atoms with Gasteiger partial charge in [0, 0.05) is 30.1 Å². The summed E-state index contributed by atoms with van der Waals surface area (Å²) in [5.41, 5.74) is 1.15. The molecule has 100 valence electrons. The fourth-order valence-corrected chi connectivity index (χ4v) is 2.14. The van der Waals surface area contributed by atoms with E-state index in [9.17, 15) is 9.59 Å². The fourth-order valence-electron chi connectivity index (χ4n) is 1.98. The summed E-state index contributed by atoms with van der Waals surface area (Å²) in [5, 5.41) is 4.08. The molecule has 1 amide bonds. The Morgan fingerprint density at radius 2 is 2.11 bits per heavy atom. The highest BCUT2D eigenvalue weighted by molar-refractivity contribution is 6.31. The van der Waals surface area contributed by atoms with E-state index >= 15 is 0 Å². The number of nitrogens with one attached hydrogen (secondary N) is 1. The maximum absolute atomic E-state index is 12.1. The van der Waals surface area contributed by atoms with Crippen LogP contribution in [0.15, 0.2) is 24.4 Å². The molecule has 1 N–H and O–H groups in total. The first-order valence-electron chi connectivity index (χ1n) is 6.14. The van der Waals surface area contributed by atoms with Crippen molar-refractivity contribution in [1.82, 2.24) is 9.88 Å². The summed E-state index contributed by atoms with van der Waals surface area (Å²) >= 11 is 5.94. The van der Waals surface area contributed by atoms with Gasteiger partial charge in [-0.05, 0) is 18.6 Å². The third kappa shape index (κ3) is 2.63. The molecule has 19 heavy (non-hydrogen) atoms. The second-order valence-corrected chi connectivity index (χ2v) is 4.79. The molecule has 0 aliphatic carbocycles. The van der Waals surface area contributed by atoms with E-state index in [0.717, 1.165) is 11.8 Å². The smallest absolute Gasteiger partial charge is 0.253 e. The molecule has 0 saturated heterocycles. The molecule has 0 radical (unpaired) electrons. The molecule has 1 aromatic carbocycles. The predicted molar refractivity (Wildman–Crippen MR) is 75.9 cm³/mol. The topological polar surface area (TPSA) is 51.1 Å². The van der Waals surface area contributed by atoms with Gasteiger partial charge in [0.05, 0.1) is 11.1 Å². The van der Waals surface area contributed by atoms with Crippen molar-refractivity contribution in [3.8, 4) is 0 Å². The zero-order valence-corrected chi connectivity index (χ0v) is 11.6. The van der Waals surface area contributed by atoms with Crippen molar-refractivity contribution in [2.45, 2.75) is 20.3 Å². The lowest BCUT2D eigenvalue weighted by Gasteiger charge is -2.01. The van der Waals surface area contributed by atoms with Crippen LogP contribution in [0.25, 0.3) is 10.9 Å². The standard InChI is InChI=1S/C14H15ClN2O2/c1-3-6-16-14(19)12-8-17(9(2)18)13-7-10(15)4-5-11(12)13/h4-5,7-8H,3,6H2,1-2H3,(H,16,19). The molecular formula is C14H15ClN2O2. The number of hydrogen-bond acceptors (Lipinski definition) is 2. The van der Waals surface area contributed by atoms with Gasteiger partial charge in [0.1, 0.15) is 0 Å². The highest BCUT2D eigenvalue weighted by Crippen LogP contribution is 2.24. The molecule has 4 nitrogen and oxygen atoms in total. The predicted octanol–water partition coefficient (Wildman–Crippen LogP) is 3.09. The Bertz CT molecular complexity index is 646. The first-order valence-corrected chi connectivity index (χ1v) is 6.52. The second kappa shape index (κ2) is 5.45. The molecular weight excluding hydrogens is 264 g/mol. The summed E-state index contributed by atoms with van der Waals surface area (Å²) in [6.07, 6.45) is 2.43. The normalized spacial score (nSPS) is 10.7. The van der Waals surface area contributed by atoms with E-state index < -0.39 is 0 Å². The van der Waals surface area contributed by atoms with E-state index in [2.05, 4.69) is 5.32 Å². The van der Waals surface area contributed by atoms with E-state index in [1.165, 1.54) is 11.5 Å². The molecule has 0 fully saturated rings. The number of carbonyl (C=O) groups excluding carboxylic acids is 2. The quantitative estimate of drug-likeness (QED) is 0.938. The maximum atomic E-state index is 12.1. The SMILES string of the molecule is CCCNC(=O)c1cn(C(C)=O)c2cc(Cl)ccc12. The summed E-state index contributed by atoms with van der Waals surface area (Å²) in [7, 11) is 0. The van der Waals surface area contributed by atoms with Crippen LogP contribution in [0, 0.1) is 0 Å². The van der Waals surface area contributed by atoms with Crippen molar-refractivity contribution >= 4 is 34.3 Å². The monoisotopic (exact) mass is 278 g/mol. The number of halogens is 1. The molecule has 2 aromatic rings. The number of nitrogens with zero attached hydrogens (tertiary/aromatic N) is 1. The first-order chi connectivity index (χ1) is 9.04. The third-order valence-corrected chi connectivity index (χ3v) is 3.12. The molecule has 0 spiro atoms. The van der Waals surface area contributed by atoms with Gasteiger partial charge in [-0.1, -0.05) is 24.6 Å². The van der Waals surface area contributed by atoms with Crippen molar-refractivity contribution in [2.75, 3.05) is 6.54 Å². The van der Waals surface area contributed by atoms with Crippen LogP contribution in [0.1, 0.15) is 35.4 Å². The average Bonchev–Trinajstić information content (AvgIpc) is 2.74. The number of amides is 1.